The van der Waals surface area contributed by atoms with Gasteiger partial charge in [0.15, 0.2) is 0 Å². The van der Waals surface area contributed by atoms with Crippen LogP contribution in [0.4, 0.5) is 5.69 Å². The maximum Gasteiger partial charge on any atom is 0.265 e. The van der Waals surface area contributed by atoms with Gasteiger partial charge in [-0.15, -0.1) is 0 Å². The molecule has 2 N–H and O–H groups in total. The summed E-state index contributed by atoms with van der Waals surface area (Å²) in [4.78, 5) is 12.0. The molecule has 1 rings (SSSR count). The Kier molecular flexibility index (Phi) is 7.21. The van der Waals surface area contributed by atoms with Crippen LogP contribution in [-0.4, -0.2) is 4.57 Å². The second kappa shape index (κ2) is 8.41. The summed E-state index contributed by atoms with van der Waals surface area (Å²) in [5.41, 5.74) is 7.42. The highest BCUT2D eigenvalue weighted by Gasteiger charge is 2.07. The van der Waals surface area contributed by atoms with E-state index < -0.39 is 0 Å². The fourth-order valence-corrected chi connectivity index (χ4v) is 2.60. The van der Waals surface area contributed by atoms with Crippen molar-refractivity contribution in [2.75, 3.05) is 5.73 Å². The lowest BCUT2D eigenvalue weighted by molar-refractivity contribution is 0.542. The minimum atomic E-state index is 0.0256. The van der Waals surface area contributed by atoms with E-state index in [0.717, 1.165) is 18.5 Å². The molecule has 0 aliphatic carbocycles. The molecule has 0 amide bonds. The molecule has 0 radical (unpaired) electrons. The number of hydrogen-bond acceptors (Lipinski definition) is 2. The number of nitrogens with two attached hydrogens (primary N) is 1. The molecule has 4 heteroatoms. The van der Waals surface area contributed by atoms with Gasteiger partial charge in [0.05, 0.1) is 10.2 Å². The van der Waals surface area contributed by atoms with Gasteiger partial charge >= 0.3 is 0 Å². The van der Waals surface area contributed by atoms with E-state index in [-0.39, 0.29) is 5.56 Å². The number of pyridine rings is 1. The summed E-state index contributed by atoms with van der Waals surface area (Å²) in [5, 5.41) is 0. The SMILES string of the molecule is CCCCCCCCCn1cc(N)c(C)c(Br)c1=O. The molecule has 19 heavy (non-hydrogen) atoms. The lowest BCUT2D eigenvalue weighted by Gasteiger charge is -2.10. The Morgan fingerprint density at radius 2 is 1.74 bits per heavy atom. The Morgan fingerprint density at radius 3 is 2.37 bits per heavy atom. The molecule has 1 heterocycles. The molecule has 0 aromatic carbocycles. The molecule has 0 aliphatic heterocycles. The predicted octanol–water partition coefficient (Wildman–Crippen LogP) is 4.25. The average Bonchev–Trinajstić information content (AvgIpc) is 2.41. The second-order valence-corrected chi connectivity index (χ2v) is 5.94. The van der Waals surface area contributed by atoms with Crippen molar-refractivity contribution in [1.29, 1.82) is 0 Å². The van der Waals surface area contributed by atoms with Crippen LogP contribution in [0, 0.1) is 6.92 Å². The Labute approximate surface area is 124 Å². The van der Waals surface area contributed by atoms with Crippen molar-refractivity contribution in [3.8, 4) is 0 Å². The molecule has 0 saturated heterocycles. The van der Waals surface area contributed by atoms with Gasteiger partial charge < -0.3 is 10.3 Å². The number of halogens is 1. The molecular formula is C15H25BrN2O. The molecule has 1 aromatic heterocycles. The van der Waals surface area contributed by atoms with E-state index in [1.165, 1.54) is 38.5 Å². The topological polar surface area (TPSA) is 48.0 Å². The van der Waals surface area contributed by atoms with Crippen molar-refractivity contribution in [2.45, 2.75) is 65.3 Å². The van der Waals surface area contributed by atoms with E-state index >= 15 is 0 Å². The van der Waals surface area contributed by atoms with Gasteiger partial charge in [0.1, 0.15) is 0 Å². The lowest BCUT2D eigenvalue weighted by Crippen LogP contribution is -2.22. The Hall–Kier alpha value is -0.770. The molecular weight excluding hydrogens is 304 g/mol. The summed E-state index contributed by atoms with van der Waals surface area (Å²) < 4.78 is 2.31. The summed E-state index contributed by atoms with van der Waals surface area (Å²) in [6.07, 6.45) is 10.5. The first-order valence-corrected chi connectivity index (χ1v) is 8.02. The number of aryl methyl sites for hydroxylation is 1. The number of unbranched alkanes of at least 4 members (excludes halogenated alkanes) is 6. The maximum atomic E-state index is 12.0. The first-order valence-electron chi connectivity index (χ1n) is 7.23. The number of anilines is 1. The zero-order valence-electron chi connectivity index (χ0n) is 12.0. The van der Waals surface area contributed by atoms with Gasteiger partial charge in [0.25, 0.3) is 5.56 Å². The standard InChI is InChI=1S/C15H25BrN2O/c1-3-4-5-6-7-8-9-10-18-11-13(17)12(2)14(16)15(18)19/h11H,3-10,17H2,1-2H3. The average molecular weight is 329 g/mol. The number of rotatable bonds is 8. The molecule has 1 aromatic rings. The van der Waals surface area contributed by atoms with Crippen LogP contribution in [0.2, 0.25) is 0 Å². The first kappa shape index (κ1) is 16.3. The van der Waals surface area contributed by atoms with Gasteiger partial charge in [-0.1, -0.05) is 45.4 Å². The molecule has 0 aliphatic rings. The highest BCUT2D eigenvalue weighted by Crippen LogP contribution is 2.17. The van der Waals surface area contributed by atoms with Gasteiger partial charge in [-0.2, -0.15) is 0 Å². The highest BCUT2D eigenvalue weighted by molar-refractivity contribution is 9.10. The van der Waals surface area contributed by atoms with Gasteiger partial charge in [0.2, 0.25) is 0 Å². The zero-order valence-corrected chi connectivity index (χ0v) is 13.6. The molecule has 0 spiro atoms. The van der Waals surface area contributed by atoms with Crippen molar-refractivity contribution in [3.05, 3.63) is 26.6 Å². The normalized spacial score (nSPS) is 10.9. The summed E-state index contributed by atoms with van der Waals surface area (Å²) >= 11 is 3.32. The molecule has 0 bridgehead atoms. The second-order valence-electron chi connectivity index (χ2n) is 5.14. The zero-order chi connectivity index (χ0) is 14.3. The van der Waals surface area contributed by atoms with E-state index in [2.05, 4.69) is 22.9 Å². The lowest BCUT2D eigenvalue weighted by atomic mass is 10.1. The highest BCUT2D eigenvalue weighted by atomic mass is 79.9. The van der Waals surface area contributed by atoms with E-state index in [4.69, 9.17) is 5.73 Å². The third-order valence-electron chi connectivity index (χ3n) is 3.51. The quantitative estimate of drug-likeness (QED) is 0.725. The smallest absolute Gasteiger partial charge is 0.265 e. The first-order chi connectivity index (χ1) is 9.07. The van der Waals surface area contributed by atoms with E-state index in [1.54, 1.807) is 10.8 Å². The molecule has 108 valence electrons. The van der Waals surface area contributed by atoms with Crippen LogP contribution in [0.5, 0.6) is 0 Å². The van der Waals surface area contributed by atoms with Crippen LogP contribution in [0.25, 0.3) is 0 Å². The summed E-state index contributed by atoms with van der Waals surface area (Å²) in [6.45, 7) is 4.85. The Morgan fingerprint density at radius 1 is 1.16 bits per heavy atom. The third kappa shape index (κ3) is 5.01. The largest absolute Gasteiger partial charge is 0.397 e. The van der Waals surface area contributed by atoms with Crippen LogP contribution < -0.4 is 11.3 Å². The van der Waals surface area contributed by atoms with Crippen LogP contribution >= 0.6 is 15.9 Å². The fourth-order valence-electron chi connectivity index (χ4n) is 2.14. The van der Waals surface area contributed by atoms with Crippen LogP contribution in [0.3, 0.4) is 0 Å². The molecule has 0 fully saturated rings. The van der Waals surface area contributed by atoms with E-state index in [1.807, 2.05) is 6.92 Å². The van der Waals surface area contributed by atoms with Crippen molar-refractivity contribution >= 4 is 21.6 Å². The third-order valence-corrected chi connectivity index (χ3v) is 4.44. The van der Waals surface area contributed by atoms with E-state index in [0.29, 0.717) is 10.2 Å². The van der Waals surface area contributed by atoms with Gasteiger partial charge in [-0.3, -0.25) is 4.79 Å². The summed E-state index contributed by atoms with van der Waals surface area (Å²) in [7, 11) is 0. The minimum absolute atomic E-state index is 0.0256. The summed E-state index contributed by atoms with van der Waals surface area (Å²) in [6, 6.07) is 0. The van der Waals surface area contributed by atoms with Crippen molar-refractivity contribution in [2.24, 2.45) is 0 Å². The minimum Gasteiger partial charge on any atom is -0.397 e. The van der Waals surface area contributed by atoms with Crippen molar-refractivity contribution in [3.63, 3.8) is 0 Å². The predicted molar refractivity (Wildman–Crippen MR) is 85.5 cm³/mol. The Bertz CT molecular complexity index is 454. The number of nitrogen functional groups attached to an aromatic ring is 1. The van der Waals surface area contributed by atoms with Gasteiger partial charge in [-0.25, -0.2) is 0 Å². The van der Waals surface area contributed by atoms with Crippen LogP contribution in [0.1, 0.15) is 57.4 Å². The number of aromatic nitrogens is 1. The maximum absolute atomic E-state index is 12.0. The van der Waals surface area contributed by atoms with Crippen LogP contribution in [0.15, 0.2) is 15.5 Å². The molecule has 0 atom stereocenters. The van der Waals surface area contributed by atoms with Crippen molar-refractivity contribution in [1.82, 2.24) is 4.57 Å². The van der Waals surface area contributed by atoms with Crippen LogP contribution in [-0.2, 0) is 6.54 Å². The van der Waals surface area contributed by atoms with Gasteiger partial charge in [0, 0.05) is 12.7 Å². The Balaban J connectivity index is 2.40. The molecule has 0 saturated carbocycles. The number of nitrogens with zero attached hydrogens (tertiary/aromatic N) is 1. The fraction of sp³-hybridized carbons (Fsp3) is 0.667. The van der Waals surface area contributed by atoms with Crippen molar-refractivity contribution < 1.29 is 0 Å². The summed E-state index contributed by atoms with van der Waals surface area (Å²) in [5.74, 6) is 0. The van der Waals surface area contributed by atoms with Gasteiger partial charge in [-0.05, 0) is 34.8 Å². The monoisotopic (exact) mass is 328 g/mol. The molecule has 0 unspecified atom stereocenters. The van der Waals surface area contributed by atoms with E-state index in [9.17, 15) is 4.79 Å². The number of hydrogen-bond donors (Lipinski definition) is 1. The molecule has 3 nitrogen and oxygen atoms in total.